The number of ketones is 2. The highest BCUT2D eigenvalue weighted by molar-refractivity contribution is 6.46. The standard InChI is InChI=1S/C31H32N2O5/c1-4-7-9-29(34)38-23-14-10-20(11-15-23)30(35)21-12-16-27-24(18-21)25-19-22(13-17-28(25)33(27)6-3)31(36)26(32-37)8-5-2/h10-19,37H,4-9H2,1-3H3/b32-26+. The summed E-state index contributed by atoms with van der Waals surface area (Å²) in [6.07, 6.45) is 3.13. The van der Waals surface area contributed by atoms with E-state index in [1.54, 1.807) is 36.4 Å². The van der Waals surface area contributed by atoms with E-state index in [4.69, 9.17) is 4.74 Å². The molecule has 0 radical (unpaired) electrons. The van der Waals surface area contributed by atoms with Crippen molar-refractivity contribution in [3.8, 4) is 5.75 Å². The molecule has 0 aliphatic heterocycles. The van der Waals surface area contributed by atoms with Crippen molar-refractivity contribution in [3.63, 3.8) is 0 Å². The number of aryl methyl sites for hydroxylation is 1. The molecule has 4 aromatic rings. The molecule has 0 atom stereocenters. The number of nitrogens with zero attached hydrogens (tertiary/aromatic N) is 2. The lowest BCUT2D eigenvalue weighted by Crippen LogP contribution is -2.14. The molecule has 4 rings (SSSR count). The van der Waals surface area contributed by atoms with Crippen molar-refractivity contribution in [2.45, 2.75) is 59.4 Å². The fourth-order valence-electron chi connectivity index (χ4n) is 4.68. The van der Waals surface area contributed by atoms with Crippen LogP contribution in [0.5, 0.6) is 5.75 Å². The second-order valence-corrected chi connectivity index (χ2v) is 9.27. The van der Waals surface area contributed by atoms with E-state index in [0.29, 0.717) is 41.7 Å². The molecule has 0 fully saturated rings. The maximum absolute atomic E-state index is 13.3. The van der Waals surface area contributed by atoms with Gasteiger partial charge in [-0.05, 0) is 80.4 Å². The molecule has 1 aromatic heterocycles. The molecular weight excluding hydrogens is 480 g/mol. The van der Waals surface area contributed by atoms with E-state index in [2.05, 4.69) is 9.72 Å². The Balaban J connectivity index is 1.69. The van der Waals surface area contributed by atoms with E-state index in [-0.39, 0.29) is 23.2 Å². The van der Waals surface area contributed by atoms with Crippen LogP contribution in [0.15, 0.2) is 65.8 Å². The predicted molar refractivity (Wildman–Crippen MR) is 149 cm³/mol. The molecule has 1 N–H and O–H groups in total. The summed E-state index contributed by atoms with van der Waals surface area (Å²) in [4.78, 5) is 38.2. The number of rotatable bonds is 11. The Bertz CT molecular complexity index is 1530. The number of hydrogen-bond acceptors (Lipinski definition) is 6. The quantitative estimate of drug-likeness (QED) is 0.0585. The third-order valence-corrected chi connectivity index (χ3v) is 6.66. The van der Waals surface area contributed by atoms with Crippen molar-refractivity contribution in [3.05, 3.63) is 77.4 Å². The number of carbonyl (C=O) groups excluding carboxylic acids is 3. The van der Waals surface area contributed by atoms with E-state index in [9.17, 15) is 19.6 Å². The first-order valence-electron chi connectivity index (χ1n) is 13.1. The molecule has 0 amide bonds. The van der Waals surface area contributed by atoms with Crippen LogP contribution in [0.25, 0.3) is 21.8 Å². The highest BCUT2D eigenvalue weighted by Crippen LogP contribution is 2.32. The van der Waals surface area contributed by atoms with Gasteiger partial charge in [-0.15, -0.1) is 0 Å². The molecule has 0 aliphatic rings. The van der Waals surface area contributed by atoms with Gasteiger partial charge in [-0.25, -0.2) is 0 Å². The third kappa shape index (κ3) is 5.37. The lowest BCUT2D eigenvalue weighted by Gasteiger charge is -2.06. The second kappa shape index (κ2) is 11.9. The van der Waals surface area contributed by atoms with E-state index in [0.717, 1.165) is 41.2 Å². The van der Waals surface area contributed by atoms with Crippen LogP contribution >= 0.6 is 0 Å². The number of fused-ring (bicyclic) bond motifs is 3. The molecule has 7 heteroatoms. The molecule has 0 bridgehead atoms. The van der Waals surface area contributed by atoms with Gasteiger partial charge in [0, 0.05) is 51.5 Å². The summed E-state index contributed by atoms with van der Waals surface area (Å²) in [5.41, 5.74) is 3.48. The smallest absolute Gasteiger partial charge is 0.311 e. The molecule has 0 saturated carbocycles. The van der Waals surface area contributed by atoms with Crippen LogP contribution < -0.4 is 4.74 Å². The van der Waals surface area contributed by atoms with Crippen LogP contribution in [0.1, 0.15) is 79.2 Å². The summed E-state index contributed by atoms with van der Waals surface area (Å²) in [6.45, 7) is 6.70. The summed E-state index contributed by atoms with van der Waals surface area (Å²) < 4.78 is 7.48. The number of ether oxygens (including phenoxy) is 1. The Hall–Kier alpha value is -4.26. The summed E-state index contributed by atoms with van der Waals surface area (Å²) in [5.74, 6) is -0.335. The average molecular weight is 513 g/mol. The summed E-state index contributed by atoms with van der Waals surface area (Å²) in [5, 5.41) is 14.2. The van der Waals surface area contributed by atoms with Crippen LogP contribution in [-0.4, -0.2) is 33.0 Å². The lowest BCUT2D eigenvalue weighted by molar-refractivity contribution is -0.134. The Morgan fingerprint density at radius 3 is 1.97 bits per heavy atom. The molecule has 1 heterocycles. The van der Waals surface area contributed by atoms with Gasteiger partial charge >= 0.3 is 5.97 Å². The number of unbranched alkanes of at least 4 members (excludes halogenated alkanes) is 1. The number of aromatic nitrogens is 1. The number of carbonyl (C=O) groups is 3. The number of esters is 1. The van der Waals surface area contributed by atoms with E-state index in [1.807, 2.05) is 45.0 Å². The Labute approximate surface area is 221 Å². The van der Waals surface area contributed by atoms with Gasteiger partial charge in [-0.1, -0.05) is 31.8 Å². The monoisotopic (exact) mass is 512 g/mol. The van der Waals surface area contributed by atoms with Gasteiger partial charge in [-0.2, -0.15) is 0 Å². The van der Waals surface area contributed by atoms with Gasteiger partial charge in [-0.3, -0.25) is 14.4 Å². The first-order chi connectivity index (χ1) is 18.4. The van der Waals surface area contributed by atoms with Gasteiger partial charge in [0.15, 0.2) is 5.78 Å². The van der Waals surface area contributed by atoms with Crippen LogP contribution in [0, 0.1) is 0 Å². The molecule has 3 aromatic carbocycles. The van der Waals surface area contributed by atoms with Crippen molar-refractivity contribution in [2.24, 2.45) is 5.16 Å². The summed E-state index contributed by atoms with van der Waals surface area (Å²) >= 11 is 0. The van der Waals surface area contributed by atoms with Crippen molar-refractivity contribution >= 4 is 45.1 Å². The minimum absolute atomic E-state index is 0.126. The largest absolute Gasteiger partial charge is 0.427 e. The maximum atomic E-state index is 13.3. The molecule has 0 saturated heterocycles. The first-order valence-corrected chi connectivity index (χ1v) is 13.1. The zero-order chi connectivity index (χ0) is 27.2. The first kappa shape index (κ1) is 26.8. The fourth-order valence-corrected chi connectivity index (χ4v) is 4.68. The highest BCUT2D eigenvalue weighted by Gasteiger charge is 2.19. The minimum Gasteiger partial charge on any atom is -0.427 e. The Kier molecular flexibility index (Phi) is 8.36. The number of Topliss-reactive ketones (excluding diaryl/α,β-unsaturated/α-hetero) is 1. The zero-order valence-electron chi connectivity index (χ0n) is 22.0. The van der Waals surface area contributed by atoms with E-state index < -0.39 is 0 Å². The predicted octanol–water partition coefficient (Wildman–Crippen LogP) is 6.95. The van der Waals surface area contributed by atoms with Crippen molar-refractivity contribution in [2.75, 3.05) is 0 Å². The minimum atomic E-state index is -0.309. The number of hydrogen-bond donors (Lipinski definition) is 1. The molecule has 0 spiro atoms. The van der Waals surface area contributed by atoms with Crippen molar-refractivity contribution < 1.29 is 24.3 Å². The number of benzene rings is 3. The average Bonchev–Trinajstić information content (AvgIpc) is 3.26. The second-order valence-electron chi connectivity index (χ2n) is 9.27. The lowest BCUT2D eigenvalue weighted by atomic mass is 9.99. The van der Waals surface area contributed by atoms with E-state index >= 15 is 0 Å². The Morgan fingerprint density at radius 1 is 0.789 bits per heavy atom. The molecule has 196 valence electrons. The van der Waals surface area contributed by atoms with Crippen LogP contribution in [0.3, 0.4) is 0 Å². The zero-order valence-corrected chi connectivity index (χ0v) is 22.0. The van der Waals surface area contributed by atoms with Crippen LogP contribution in [0.4, 0.5) is 0 Å². The molecule has 38 heavy (non-hydrogen) atoms. The summed E-state index contributed by atoms with van der Waals surface area (Å²) in [6, 6.07) is 17.6. The normalized spacial score (nSPS) is 11.7. The Morgan fingerprint density at radius 2 is 1.39 bits per heavy atom. The molecule has 0 unspecified atom stereocenters. The van der Waals surface area contributed by atoms with Crippen LogP contribution in [-0.2, 0) is 11.3 Å². The summed E-state index contributed by atoms with van der Waals surface area (Å²) in [7, 11) is 0. The van der Waals surface area contributed by atoms with Crippen molar-refractivity contribution in [1.29, 1.82) is 0 Å². The van der Waals surface area contributed by atoms with Gasteiger partial charge in [0.1, 0.15) is 11.5 Å². The molecule has 7 nitrogen and oxygen atoms in total. The highest BCUT2D eigenvalue weighted by atomic mass is 16.5. The van der Waals surface area contributed by atoms with Gasteiger partial charge in [0.25, 0.3) is 0 Å². The SMILES string of the molecule is CCCCC(=O)Oc1ccc(C(=O)c2ccc3c(c2)c2cc(C(=O)/C(CCC)=N/O)ccc2n3CC)cc1. The van der Waals surface area contributed by atoms with Crippen molar-refractivity contribution in [1.82, 2.24) is 4.57 Å². The molecular formula is C31H32N2O5. The maximum Gasteiger partial charge on any atom is 0.311 e. The van der Waals surface area contributed by atoms with E-state index in [1.165, 1.54) is 0 Å². The molecule has 0 aliphatic carbocycles. The van der Waals surface area contributed by atoms with Gasteiger partial charge in [0.05, 0.1) is 0 Å². The fraction of sp³-hybridized carbons (Fsp3) is 0.290. The third-order valence-electron chi connectivity index (χ3n) is 6.66. The van der Waals surface area contributed by atoms with Crippen LogP contribution in [0.2, 0.25) is 0 Å². The van der Waals surface area contributed by atoms with Gasteiger partial charge in [0.2, 0.25) is 5.78 Å². The topological polar surface area (TPSA) is 98.0 Å². The number of oxime groups is 1. The van der Waals surface area contributed by atoms with Gasteiger partial charge < -0.3 is 14.5 Å².